The lowest BCUT2D eigenvalue weighted by molar-refractivity contribution is -0.870. The van der Waals surface area contributed by atoms with Crippen LogP contribution in [0.25, 0.3) is 0 Å². The highest BCUT2D eigenvalue weighted by molar-refractivity contribution is 7.45. The minimum atomic E-state index is -4.21. The molecule has 0 N–H and O–H groups in total. The number of nitrogens with zero attached hydrogens (tertiary/aromatic N) is 1. The topological polar surface area (TPSA) is 58.6 Å². The molecule has 134 valence electrons. The van der Waals surface area contributed by atoms with Gasteiger partial charge < -0.3 is 18.4 Å². The van der Waals surface area contributed by atoms with E-state index in [4.69, 9.17) is 9.05 Å². The molecule has 0 aliphatic heterocycles. The van der Waals surface area contributed by atoms with Crippen molar-refractivity contribution in [2.24, 2.45) is 11.8 Å². The molecule has 0 fully saturated rings. The Labute approximate surface area is 137 Å². The van der Waals surface area contributed by atoms with E-state index >= 15 is 0 Å². The number of likely N-dealkylation sites (N-methyl/N-ethyl adjacent to an activating group) is 1. The first-order valence-electron chi connectivity index (χ1n) is 8.35. The van der Waals surface area contributed by atoms with E-state index in [9.17, 15) is 9.46 Å². The van der Waals surface area contributed by atoms with Crippen LogP contribution in [-0.2, 0) is 13.6 Å². The molecule has 0 aliphatic rings. The van der Waals surface area contributed by atoms with Crippen molar-refractivity contribution in [2.45, 2.75) is 59.5 Å². The Kier molecular flexibility index (Phi) is 10.1. The van der Waals surface area contributed by atoms with Gasteiger partial charge in [-0.1, -0.05) is 27.7 Å². The number of hydrogen-bond donors (Lipinski definition) is 0. The zero-order chi connectivity index (χ0) is 17.4. The lowest BCUT2D eigenvalue weighted by Gasteiger charge is -2.30. The molecule has 0 aromatic heterocycles. The molecule has 0 heterocycles. The highest BCUT2D eigenvalue weighted by Crippen LogP contribution is 2.41. The molecular formula is C16H36NO4P. The third-order valence-corrected chi connectivity index (χ3v) is 4.48. The van der Waals surface area contributed by atoms with Gasteiger partial charge in [0.15, 0.2) is 0 Å². The van der Waals surface area contributed by atoms with Crippen molar-refractivity contribution in [1.82, 2.24) is 0 Å². The molecule has 22 heavy (non-hydrogen) atoms. The van der Waals surface area contributed by atoms with Gasteiger partial charge in [0.2, 0.25) is 0 Å². The quantitative estimate of drug-likeness (QED) is 0.404. The van der Waals surface area contributed by atoms with E-state index in [0.717, 1.165) is 25.7 Å². The Morgan fingerprint density at radius 2 is 1.41 bits per heavy atom. The minimum Gasteiger partial charge on any atom is -0.756 e. The van der Waals surface area contributed by atoms with Gasteiger partial charge in [-0.15, -0.1) is 0 Å². The summed E-state index contributed by atoms with van der Waals surface area (Å²) in [5.74, 6) is 1.07. The predicted molar refractivity (Wildman–Crippen MR) is 89.5 cm³/mol. The summed E-state index contributed by atoms with van der Waals surface area (Å²) in [4.78, 5) is 12.0. The van der Waals surface area contributed by atoms with Crippen molar-refractivity contribution in [1.29, 1.82) is 0 Å². The molecule has 1 atom stereocenters. The molecule has 0 spiro atoms. The third kappa shape index (κ3) is 13.7. The number of quaternary nitrogens is 1. The van der Waals surface area contributed by atoms with E-state index in [1.165, 1.54) is 0 Å². The lowest BCUT2D eigenvalue weighted by atomic mass is 9.99. The Morgan fingerprint density at radius 3 is 1.77 bits per heavy atom. The standard InChI is InChI=1S/C16H36NO4P/c1-14(2)8-10-16(11-9-15(3)4)21-22(18,19)20-13-12-17(5,6)7/h14-16H,8-13H2,1-7H3. The second-order valence-corrected chi connectivity index (χ2v) is 9.33. The summed E-state index contributed by atoms with van der Waals surface area (Å²) in [6, 6.07) is 0. The smallest absolute Gasteiger partial charge is 0.268 e. The van der Waals surface area contributed by atoms with Crippen molar-refractivity contribution in [3.8, 4) is 0 Å². The summed E-state index contributed by atoms with van der Waals surface area (Å²) < 4.78 is 23.0. The van der Waals surface area contributed by atoms with Gasteiger partial charge in [-0.3, -0.25) is 4.57 Å². The molecule has 0 bridgehead atoms. The number of phosphoric ester groups is 1. The first kappa shape index (κ1) is 22.1. The van der Waals surface area contributed by atoms with E-state index in [1.807, 2.05) is 21.1 Å². The van der Waals surface area contributed by atoms with Gasteiger partial charge >= 0.3 is 0 Å². The van der Waals surface area contributed by atoms with E-state index in [2.05, 4.69) is 27.7 Å². The van der Waals surface area contributed by atoms with Gasteiger partial charge in [0, 0.05) is 0 Å². The van der Waals surface area contributed by atoms with Crippen LogP contribution < -0.4 is 4.89 Å². The molecule has 0 aromatic carbocycles. The maximum Gasteiger partial charge on any atom is 0.268 e. The summed E-state index contributed by atoms with van der Waals surface area (Å²) in [6.45, 7) is 9.31. The van der Waals surface area contributed by atoms with Crippen LogP contribution in [0.5, 0.6) is 0 Å². The predicted octanol–water partition coefficient (Wildman–Crippen LogP) is 3.44. The van der Waals surface area contributed by atoms with Crippen molar-refractivity contribution < 1.29 is 23.0 Å². The van der Waals surface area contributed by atoms with E-state index in [0.29, 0.717) is 22.9 Å². The Hall–Kier alpha value is 0.0700. The van der Waals surface area contributed by atoms with Crippen LogP contribution in [0.2, 0.25) is 0 Å². The number of phosphoric acid groups is 1. The SMILES string of the molecule is CC(C)CCC(CCC(C)C)OP(=O)([O-])OCC[N+](C)(C)C. The Bertz CT molecular complexity index is 328. The molecule has 0 saturated carbocycles. The fourth-order valence-electron chi connectivity index (χ4n) is 1.93. The molecule has 0 radical (unpaired) electrons. The second kappa shape index (κ2) is 10.0. The maximum atomic E-state index is 12.0. The molecule has 5 nitrogen and oxygen atoms in total. The zero-order valence-electron chi connectivity index (χ0n) is 15.5. The molecule has 0 amide bonds. The van der Waals surface area contributed by atoms with Crippen molar-refractivity contribution >= 4 is 7.82 Å². The van der Waals surface area contributed by atoms with Crippen LogP contribution in [0.15, 0.2) is 0 Å². The first-order chi connectivity index (χ1) is 9.91. The third-order valence-electron chi connectivity index (χ3n) is 3.42. The highest BCUT2D eigenvalue weighted by Gasteiger charge is 2.20. The monoisotopic (exact) mass is 337 g/mol. The Morgan fingerprint density at radius 1 is 0.955 bits per heavy atom. The zero-order valence-corrected chi connectivity index (χ0v) is 16.4. The average molecular weight is 337 g/mol. The molecule has 6 heteroatoms. The van der Waals surface area contributed by atoms with Crippen LogP contribution in [0, 0.1) is 11.8 Å². The van der Waals surface area contributed by atoms with Gasteiger partial charge in [0.1, 0.15) is 13.2 Å². The fourth-order valence-corrected chi connectivity index (χ4v) is 2.87. The van der Waals surface area contributed by atoms with Crippen molar-refractivity contribution in [2.75, 3.05) is 34.3 Å². The average Bonchev–Trinajstić information content (AvgIpc) is 2.30. The summed E-state index contributed by atoms with van der Waals surface area (Å²) in [5, 5.41) is 0. The largest absolute Gasteiger partial charge is 0.756 e. The van der Waals surface area contributed by atoms with Crippen LogP contribution >= 0.6 is 7.82 Å². The van der Waals surface area contributed by atoms with Crippen LogP contribution in [0.1, 0.15) is 53.4 Å². The molecule has 0 rings (SSSR count). The molecule has 0 aliphatic carbocycles. The Balaban J connectivity index is 4.42. The summed E-state index contributed by atoms with van der Waals surface area (Å²) in [7, 11) is 1.77. The van der Waals surface area contributed by atoms with Gasteiger partial charge in [0.05, 0.1) is 27.2 Å². The summed E-state index contributed by atoms with van der Waals surface area (Å²) >= 11 is 0. The molecular weight excluding hydrogens is 301 g/mol. The molecule has 1 unspecified atom stereocenters. The fraction of sp³-hybridized carbons (Fsp3) is 1.00. The summed E-state index contributed by atoms with van der Waals surface area (Å²) in [5.41, 5.74) is 0. The van der Waals surface area contributed by atoms with E-state index in [1.54, 1.807) is 0 Å². The number of hydrogen-bond acceptors (Lipinski definition) is 4. The van der Waals surface area contributed by atoms with E-state index < -0.39 is 7.82 Å². The van der Waals surface area contributed by atoms with E-state index in [-0.39, 0.29) is 12.7 Å². The first-order valence-corrected chi connectivity index (χ1v) is 9.82. The van der Waals surface area contributed by atoms with Gasteiger partial charge in [-0.05, 0) is 37.5 Å². The molecule has 0 aromatic rings. The van der Waals surface area contributed by atoms with Crippen LogP contribution in [0.4, 0.5) is 0 Å². The second-order valence-electron chi connectivity index (χ2n) is 7.96. The molecule has 0 saturated heterocycles. The van der Waals surface area contributed by atoms with Gasteiger partial charge in [0.25, 0.3) is 7.82 Å². The van der Waals surface area contributed by atoms with Crippen molar-refractivity contribution in [3.05, 3.63) is 0 Å². The number of rotatable bonds is 12. The van der Waals surface area contributed by atoms with Crippen molar-refractivity contribution in [3.63, 3.8) is 0 Å². The minimum absolute atomic E-state index is 0.158. The normalized spacial score (nSPS) is 15.8. The maximum absolute atomic E-state index is 12.0. The van der Waals surface area contributed by atoms with Crippen LogP contribution in [-0.4, -0.2) is 44.9 Å². The summed E-state index contributed by atoms with van der Waals surface area (Å²) in [6.07, 6.45) is 3.17. The lowest BCUT2D eigenvalue weighted by Crippen LogP contribution is -2.37. The van der Waals surface area contributed by atoms with Gasteiger partial charge in [-0.25, -0.2) is 0 Å². The highest BCUT2D eigenvalue weighted by atomic mass is 31.2. The van der Waals surface area contributed by atoms with Gasteiger partial charge in [-0.2, -0.15) is 0 Å². The van der Waals surface area contributed by atoms with Crippen LogP contribution in [0.3, 0.4) is 0 Å².